The molecule has 0 aliphatic carbocycles. The van der Waals surface area contributed by atoms with E-state index in [9.17, 15) is 0 Å². The lowest BCUT2D eigenvalue weighted by atomic mass is 10.1. The number of hydrogen-bond acceptors (Lipinski definition) is 3. The molecule has 14 heavy (non-hydrogen) atoms. The molecule has 1 atom stereocenters. The first-order valence-corrected chi connectivity index (χ1v) is 5.14. The summed E-state index contributed by atoms with van der Waals surface area (Å²) in [5.41, 5.74) is 1.10. The predicted octanol–water partition coefficient (Wildman–Crippen LogP) is 0.689. The van der Waals surface area contributed by atoms with Crippen molar-refractivity contribution < 1.29 is 4.74 Å². The lowest BCUT2D eigenvalue weighted by Gasteiger charge is -2.22. The molecule has 1 fully saturated rings. The topological polar surface area (TPSA) is 39.1 Å². The van der Waals surface area contributed by atoms with Crippen LogP contribution in [0, 0.1) is 0 Å². The van der Waals surface area contributed by atoms with Gasteiger partial charge in [-0.2, -0.15) is 5.10 Å². The quantitative estimate of drug-likeness (QED) is 0.771. The van der Waals surface area contributed by atoms with Gasteiger partial charge >= 0.3 is 0 Å². The summed E-state index contributed by atoms with van der Waals surface area (Å²) in [6, 6.07) is 2.54. The van der Waals surface area contributed by atoms with E-state index in [1.165, 1.54) is 12.8 Å². The van der Waals surface area contributed by atoms with Gasteiger partial charge in [-0.05, 0) is 18.9 Å². The Balaban J connectivity index is 1.76. The summed E-state index contributed by atoms with van der Waals surface area (Å²) in [6.07, 6.45) is 4.35. The fraction of sp³-hybridized carbons (Fsp3) is 0.700. The summed E-state index contributed by atoms with van der Waals surface area (Å²) in [7, 11) is 1.94. The zero-order valence-corrected chi connectivity index (χ0v) is 8.57. The molecule has 0 amide bonds. The van der Waals surface area contributed by atoms with Gasteiger partial charge in [-0.1, -0.05) is 0 Å². The Morgan fingerprint density at radius 3 is 3.29 bits per heavy atom. The zero-order valence-electron chi connectivity index (χ0n) is 8.57. The van der Waals surface area contributed by atoms with E-state index in [2.05, 4.69) is 10.4 Å². The molecule has 0 radical (unpaired) electrons. The number of aryl methyl sites for hydroxylation is 1. The van der Waals surface area contributed by atoms with E-state index >= 15 is 0 Å². The number of rotatable bonds is 3. The number of aromatic nitrogens is 2. The van der Waals surface area contributed by atoms with Gasteiger partial charge in [-0.15, -0.1) is 0 Å². The number of nitrogens with one attached hydrogen (secondary N) is 1. The fourth-order valence-electron chi connectivity index (χ4n) is 1.71. The highest BCUT2D eigenvalue weighted by Gasteiger charge is 2.12. The molecule has 78 valence electrons. The lowest BCUT2D eigenvalue weighted by molar-refractivity contribution is 0.0698. The van der Waals surface area contributed by atoms with Gasteiger partial charge in [0, 0.05) is 32.4 Å². The minimum Gasteiger partial charge on any atom is -0.380 e. The summed E-state index contributed by atoms with van der Waals surface area (Å²) in [5.74, 6) is 0. The number of hydrogen-bond donors (Lipinski definition) is 1. The molecule has 4 heteroatoms. The van der Waals surface area contributed by atoms with E-state index in [-0.39, 0.29) is 0 Å². The second-order valence-corrected chi connectivity index (χ2v) is 3.78. The van der Waals surface area contributed by atoms with Gasteiger partial charge in [0.15, 0.2) is 0 Å². The summed E-state index contributed by atoms with van der Waals surface area (Å²) < 4.78 is 7.22. The monoisotopic (exact) mass is 195 g/mol. The smallest absolute Gasteiger partial charge is 0.0762 e. The lowest BCUT2D eigenvalue weighted by Crippen LogP contribution is -2.36. The van der Waals surface area contributed by atoms with E-state index < -0.39 is 0 Å². The molecule has 0 spiro atoms. The summed E-state index contributed by atoms with van der Waals surface area (Å²) in [5, 5.41) is 7.76. The first-order valence-electron chi connectivity index (χ1n) is 5.14. The van der Waals surface area contributed by atoms with Crippen LogP contribution in [0.3, 0.4) is 0 Å². The Kier molecular flexibility index (Phi) is 3.16. The highest BCUT2D eigenvalue weighted by Crippen LogP contribution is 2.06. The zero-order chi connectivity index (χ0) is 9.80. The van der Waals surface area contributed by atoms with E-state index in [0.29, 0.717) is 6.04 Å². The minimum absolute atomic E-state index is 0.505. The average molecular weight is 195 g/mol. The van der Waals surface area contributed by atoms with E-state index in [1.54, 1.807) is 0 Å². The van der Waals surface area contributed by atoms with Crippen LogP contribution in [0.25, 0.3) is 0 Å². The van der Waals surface area contributed by atoms with Crippen molar-refractivity contribution in [2.75, 3.05) is 13.2 Å². The second kappa shape index (κ2) is 4.57. The molecule has 0 aromatic carbocycles. The van der Waals surface area contributed by atoms with Crippen molar-refractivity contribution in [3.8, 4) is 0 Å². The van der Waals surface area contributed by atoms with Gasteiger partial charge in [-0.3, -0.25) is 4.68 Å². The SMILES string of the molecule is Cn1ccc(CNC2CCCOC2)n1. The van der Waals surface area contributed by atoms with Crippen LogP contribution < -0.4 is 5.32 Å². The number of nitrogens with zero attached hydrogens (tertiary/aromatic N) is 2. The van der Waals surface area contributed by atoms with Gasteiger partial charge in [0.25, 0.3) is 0 Å². The molecule has 1 unspecified atom stereocenters. The maximum Gasteiger partial charge on any atom is 0.0762 e. The van der Waals surface area contributed by atoms with Crippen molar-refractivity contribution in [2.45, 2.75) is 25.4 Å². The third-order valence-corrected chi connectivity index (χ3v) is 2.50. The van der Waals surface area contributed by atoms with E-state index in [1.807, 2.05) is 24.0 Å². The molecular weight excluding hydrogens is 178 g/mol. The molecule has 0 bridgehead atoms. The van der Waals surface area contributed by atoms with Crippen molar-refractivity contribution in [1.29, 1.82) is 0 Å². The van der Waals surface area contributed by atoms with Crippen LogP contribution in [0.1, 0.15) is 18.5 Å². The van der Waals surface area contributed by atoms with Crippen LogP contribution in [0.2, 0.25) is 0 Å². The molecule has 0 saturated carbocycles. The Morgan fingerprint density at radius 2 is 2.64 bits per heavy atom. The molecule has 1 saturated heterocycles. The van der Waals surface area contributed by atoms with Gasteiger partial charge in [0.2, 0.25) is 0 Å². The molecule has 1 N–H and O–H groups in total. The average Bonchev–Trinajstić information content (AvgIpc) is 2.63. The molecule has 1 aliphatic heterocycles. The Morgan fingerprint density at radius 1 is 1.71 bits per heavy atom. The van der Waals surface area contributed by atoms with Crippen LogP contribution in [-0.4, -0.2) is 29.0 Å². The molecular formula is C10H17N3O. The third kappa shape index (κ3) is 2.56. The van der Waals surface area contributed by atoms with Crippen molar-refractivity contribution in [3.05, 3.63) is 18.0 Å². The molecule has 2 heterocycles. The third-order valence-electron chi connectivity index (χ3n) is 2.50. The van der Waals surface area contributed by atoms with Gasteiger partial charge in [0.1, 0.15) is 0 Å². The van der Waals surface area contributed by atoms with E-state index in [0.717, 1.165) is 25.5 Å². The Hall–Kier alpha value is -0.870. The fourth-order valence-corrected chi connectivity index (χ4v) is 1.71. The van der Waals surface area contributed by atoms with Crippen LogP contribution in [0.15, 0.2) is 12.3 Å². The Bertz CT molecular complexity index is 279. The highest BCUT2D eigenvalue weighted by molar-refractivity contribution is 4.98. The van der Waals surface area contributed by atoms with Gasteiger partial charge in [0.05, 0.1) is 12.3 Å². The van der Waals surface area contributed by atoms with Gasteiger partial charge in [-0.25, -0.2) is 0 Å². The van der Waals surface area contributed by atoms with Crippen molar-refractivity contribution >= 4 is 0 Å². The molecule has 2 rings (SSSR count). The van der Waals surface area contributed by atoms with Crippen molar-refractivity contribution in [3.63, 3.8) is 0 Å². The first kappa shape index (κ1) is 9.68. The van der Waals surface area contributed by atoms with Crippen LogP contribution in [0.5, 0.6) is 0 Å². The normalized spacial score (nSPS) is 22.5. The number of ether oxygens (including phenoxy) is 1. The largest absolute Gasteiger partial charge is 0.380 e. The second-order valence-electron chi connectivity index (χ2n) is 3.78. The highest BCUT2D eigenvalue weighted by atomic mass is 16.5. The van der Waals surface area contributed by atoms with Crippen LogP contribution in [-0.2, 0) is 18.3 Å². The summed E-state index contributed by atoms with van der Waals surface area (Å²) in [4.78, 5) is 0. The van der Waals surface area contributed by atoms with Crippen molar-refractivity contribution in [1.82, 2.24) is 15.1 Å². The summed E-state index contributed by atoms with van der Waals surface area (Å²) in [6.45, 7) is 2.60. The van der Waals surface area contributed by atoms with Crippen LogP contribution in [0.4, 0.5) is 0 Å². The van der Waals surface area contributed by atoms with Crippen LogP contribution >= 0.6 is 0 Å². The maximum absolute atomic E-state index is 5.39. The molecule has 1 aromatic heterocycles. The standard InChI is InChI=1S/C10H17N3O/c1-13-5-4-9(12-13)7-11-10-3-2-6-14-8-10/h4-5,10-11H,2-3,6-8H2,1H3. The maximum atomic E-state index is 5.39. The van der Waals surface area contributed by atoms with Gasteiger partial charge < -0.3 is 10.1 Å². The molecule has 1 aliphatic rings. The van der Waals surface area contributed by atoms with Crippen molar-refractivity contribution in [2.24, 2.45) is 7.05 Å². The Labute approximate surface area is 84.3 Å². The molecule has 4 nitrogen and oxygen atoms in total. The predicted molar refractivity (Wildman–Crippen MR) is 53.9 cm³/mol. The summed E-state index contributed by atoms with van der Waals surface area (Å²) >= 11 is 0. The molecule has 1 aromatic rings. The minimum atomic E-state index is 0.505. The first-order chi connectivity index (χ1) is 6.84. The van der Waals surface area contributed by atoms with E-state index in [4.69, 9.17) is 4.74 Å².